The van der Waals surface area contributed by atoms with Gasteiger partial charge in [-0.3, -0.25) is 4.79 Å². The first kappa shape index (κ1) is 18.1. The molecule has 0 bridgehead atoms. The van der Waals surface area contributed by atoms with Gasteiger partial charge in [0, 0.05) is 21.9 Å². The Labute approximate surface area is 174 Å². The molecular formula is C21H17N3O3S2. The molecule has 29 heavy (non-hydrogen) atoms. The standard InChI is InChI=1S/C21H17N3O3S2/c25-18(13-24-21(26)27-20(22-24)14-5-2-1-3-6-14)23-10-8-16-15(9-12-29-16)19(23)17-7-4-11-28-17/h1-7,9,11-12,19H,8,10,13H2/t19-/m0/s1. The van der Waals surface area contributed by atoms with Crippen LogP contribution in [0.1, 0.15) is 21.4 Å². The van der Waals surface area contributed by atoms with Gasteiger partial charge in [0.15, 0.2) is 0 Å². The number of rotatable bonds is 4. The SMILES string of the molecule is O=C(Cn1nc(-c2ccccc2)oc1=O)N1CCc2sccc2[C@H]1c1cccs1. The van der Waals surface area contributed by atoms with Crippen molar-refractivity contribution in [1.82, 2.24) is 14.7 Å². The van der Waals surface area contributed by atoms with Crippen molar-refractivity contribution in [2.45, 2.75) is 19.0 Å². The van der Waals surface area contributed by atoms with Crippen molar-refractivity contribution >= 4 is 28.6 Å². The molecule has 1 aromatic carbocycles. The van der Waals surface area contributed by atoms with E-state index in [0.29, 0.717) is 12.1 Å². The molecule has 0 N–H and O–H groups in total. The molecule has 4 aromatic rings. The van der Waals surface area contributed by atoms with E-state index in [9.17, 15) is 9.59 Å². The molecule has 0 radical (unpaired) electrons. The maximum atomic E-state index is 13.2. The van der Waals surface area contributed by atoms with E-state index in [1.54, 1.807) is 22.7 Å². The van der Waals surface area contributed by atoms with Gasteiger partial charge in [0.05, 0.1) is 6.04 Å². The topological polar surface area (TPSA) is 68.3 Å². The number of nitrogens with zero attached hydrogens (tertiary/aromatic N) is 3. The molecule has 1 aliphatic rings. The zero-order chi connectivity index (χ0) is 19.8. The zero-order valence-electron chi connectivity index (χ0n) is 15.4. The quantitative estimate of drug-likeness (QED) is 0.501. The van der Waals surface area contributed by atoms with E-state index in [-0.39, 0.29) is 24.4 Å². The lowest BCUT2D eigenvalue weighted by atomic mass is 9.98. The summed E-state index contributed by atoms with van der Waals surface area (Å²) in [7, 11) is 0. The predicted molar refractivity (Wildman–Crippen MR) is 112 cm³/mol. The lowest BCUT2D eigenvalue weighted by Gasteiger charge is -2.35. The summed E-state index contributed by atoms with van der Waals surface area (Å²) in [5, 5.41) is 8.33. The maximum Gasteiger partial charge on any atom is 0.437 e. The molecule has 5 rings (SSSR count). The Balaban J connectivity index is 1.44. The second-order valence-electron chi connectivity index (χ2n) is 6.75. The second kappa shape index (κ2) is 7.46. The molecule has 0 saturated heterocycles. The van der Waals surface area contributed by atoms with Gasteiger partial charge >= 0.3 is 5.76 Å². The Morgan fingerprint density at radius 2 is 1.97 bits per heavy atom. The van der Waals surface area contributed by atoms with Crippen LogP contribution in [0.15, 0.2) is 68.5 Å². The van der Waals surface area contributed by atoms with Gasteiger partial charge in [-0.15, -0.1) is 27.8 Å². The van der Waals surface area contributed by atoms with E-state index in [1.165, 1.54) is 10.4 Å². The fourth-order valence-electron chi connectivity index (χ4n) is 3.66. The number of carbonyl (C=O) groups excluding carboxylic acids is 1. The van der Waals surface area contributed by atoms with Crippen LogP contribution in [0, 0.1) is 0 Å². The first-order valence-electron chi connectivity index (χ1n) is 9.23. The first-order valence-corrected chi connectivity index (χ1v) is 11.0. The molecule has 1 amide bonds. The number of carbonyl (C=O) groups is 1. The molecule has 4 heterocycles. The van der Waals surface area contributed by atoms with Crippen LogP contribution in [0.2, 0.25) is 0 Å². The van der Waals surface area contributed by atoms with Gasteiger partial charge in [0.2, 0.25) is 11.8 Å². The van der Waals surface area contributed by atoms with Gasteiger partial charge in [-0.05, 0) is 47.0 Å². The van der Waals surface area contributed by atoms with Crippen molar-refractivity contribution in [1.29, 1.82) is 0 Å². The molecule has 0 spiro atoms. The minimum absolute atomic E-state index is 0.117. The van der Waals surface area contributed by atoms with Crippen molar-refractivity contribution < 1.29 is 9.21 Å². The Kier molecular flexibility index (Phi) is 4.65. The van der Waals surface area contributed by atoms with Crippen LogP contribution in [-0.4, -0.2) is 27.1 Å². The van der Waals surface area contributed by atoms with E-state index in [1.807, 2.05) is 46.7 Å². The van der Waals surface area contributed by atoms with E-state index >= 15 is 0 Å². The third-order valence-electron chi connectivity index (χ3n) is 5.01. The molecule has 0 fully saturated rings. The van der Waals surface area contributed by atoms with Gasteiger partial charge in [-0.25, -0.2) is 4.79 Å². The van der Waals surface area contributed by atoms with E-state index in [2.05, 4.69) is 22.6 Å². The molecule has 3 aromatic heterocycles. The van der Waals surface area contributed by atoms with Crippen molar-refractivity contribution in [2.24, 2.45) is 0 Å². The summed E-state index contributed by atoms with van der Waals surface area (Å²) >= 11 is 3.37. The minimum Gasteiger partial charge on any atom is -0.388 e. The highest BCUT2D eigenvalue weighted by Gasteiger charge is 2.33. The van der Waals surface area contributed by atoms with Crippen molar-refractivity contribution in [3.63, 3.8) is 0 Å². The van der Waals surface area contributed by atoms with Crippen LogP contribution in [0.5, 0.6) is 0 Å². The Bertz CT molecular complexity index is 1190. The molecule has 146 valence electrons. The van der Waals surface area contributed by atoms with Crippen LogP contribution in [0.25, 0.3) is 11.5 Å². The lowest BCUT2D eigenvalue weighted by Crippen LogP contribution is -2.42. The van der Waals surface area contributed by atoms with Crippen LogP contribution in [0.4, 0.5) is 0 Å². The van der Waals surface area contributed by atoms with E-state index in [0.717, 1.165) is 16.0 Å². The average Bonchev–Trinajstić information content (AvgIpc) is 3.49. The summed E-state index contributed by atoms with van der Waals surface area (Å²) in [4.78, 5) is 29.7. The number of hydrogen-bond donors (Lipinski definition) is 0. The second-order valence-corrected chi connectivity index (χ2v) is 8.73. The Morgan fingerprint density at radius 3 is 2.76 bits per heavy atom. The number of thiophene rings is 2. The third kappa shape index (κ3) is 3.34. The van der Waals surface area contributed by atoms with Crippen LogP contribution in [-0.2, 0) is 17.8 Å². The summed E-state index contributed by atoms with van der Waals surface area (Å²) in [6, 6.07) is 15.2. The number of aromatic nitrogens is 2. The van der Waals surface area contributed by atoms with Gasteiger partial charge < -0.3 is 9.32 Å². The fraction of sp³-hybridized carbons (Fsp3) is 0.190. The summed E-state index contributed by atoms with van der Waals surface area (Å²) in [5.74, 6) is -0.551. The van der Waals surface area contributed by atoms with Gasteiger partial charge in [-0.2, -0.15) is 4.68 Å². The maximum absolute atomic E-state index is 13.2. The highest BCUT2D eigenvalue weighted by atomic mass is 32.1. The van der Waals surface area contributed by atoms with E-state index in [4.69, 9.17) is 4.42 Å². The summed E-state index contributed by atoms with van der Waals surface area (Å²) in [5.41, 5.74) is 1.88. The lowest BCUT2D eigenvalue weighted by molar-refractivity contribution is -0.134. The third-order valence-corrected chi connectivity index (χ3v) is 6.93. The largest absolute Gasteiger partial charge is 0.437 e. The predicted octanol–water partition coefficient (Wildman–Crippen LogP) is 3.80. The summed E-state index contributed by atoms with van der Waals surface area (Å²) in [6.45, 7) is 0.476. The molecule has 0 saturated carbocycles. The normalized spacial score (nSPS) is 16.0. The van der Waals surface area contributed by atoms with Crippen LogP contribution < -0.4 is 5.76 Å². The summed E-state index contributed by atoms with van der Waals surface area (Å²) in [6.07, 6.45) is 0.823. The zero-order valence-corrected chi connectivity index (χ0v) is 17.0. The number of benzene rings is 1. The molecule has 1 aliphatic heterocycles. The number of amides is 1. The van der Waals surface area contributed by atoms with Crippen LogP contribution >= 0.6 is 22.7 Å². The molecule has 6 nitrogen and oxygen atoms in total. The number of fused-ring (bicyclic) bond motifs is 1. The van der Waals surface area contributed by atoms with Crippen molar-refractivity contribution in [2.75, 3.05) is 6.54 Å². The molecule has 1 atom stereocenters. The monoisotopic (exact) mass is 423 g/mol. The molecule has 8 heteroatoms. The van der Waals surface area contributed by atoms with Gasteiger partial charge in [0.1, 0.15) is 6.54 Å². The van der Waals surface area contributed by atoms with Gasteiger partial charge in [-0.1, -0.05) is 24.3 Å². The minimum atomic E-state index is -0.627. The summed E-state index contributed by atoms with van der Waals surface area (Å²) < 4.78 is 6.37. The molecular weight excluding hydrogens is 406 g/mol. The van der Waals surface area contributed by atoms with Crippen molar-refractivity contribution in [3.05, 3.63) is 85.2 Å². The van der Waals surface area contributed by atoms with E-state index < -0.39 is 5.76 Å². The molecule has 0 unspecified atom stereocenters. The number of hydrogen-bond acceptors (Lipinski definition) is 6. The smallest absolute Gasteiger partial charge is 0.388 e. The Morgan fingerprint density at radius 1 is 1.10 bits per heavy atom. The Hall–Kier alpha value is -2.97. The first-order chi connectivity index (χ1) is 14.2. The van der Waals surface area contributed by atoms with Crippen LogP contribution in [0.3, 0.4) is 0 Å². The highest BCUT2D eigenvalue weighted by molar-refractivity contribution is 7.10. The van der Waals surface area contributed by atoms with Gasteiger partial charge in [0.25, 0.3) is 0 Å². The molecule has 0 aliphatic carbocycles. The van der Waals surface area contributed by atoms with Crippen molar-refractivity contribution in [3.8, 4) is 11.5 Å². The highest BCUT2D eigenvalue weighted by Crippen LogP contribution is 2.39. The fourth-order valence-corrected chi connectivity index (χ4v) is 5.42. The average molecular weight is 424 g/mol.